The third-order valence-corrected chi connectivity index (χ3v) is 3.79. The van der Waals surface area contributed by atoms with E-state index in [-0.39, 0.29) is 18.7 Å². The molecule has 2 rings (SSSR count). The monoisotopic (exact) mass is 391 g/mol. The van der Waals surface area contributed by atoms with Crippen molar-refractivity contribution in [3.05, 3.63) is 29.8 Å². The molecule has 1 heterocycles. The maximum Gasteiger partial charge on any atom is 0.410 e. The van der Waals surface area contributed by atoms with Crippen molar-refractivity contribution in [1.29, 1.82) is 0 Å². The molecule has 1 aromatic rings. The fraction of sp³-hybridized carbons (Fsp3) is 0.571. The fourth-order valence-corrected chi connectivity index (χ4v) is 2.57. The first-order valence-electron chi connectivity index (χ1n) is 9.35. The van der Waals surface area contributed by atoms with Crippen LogP contribution in [0.4, 0.5) is 4.79 Å². The second-order valence-corrected chi connectivity index (χ2v) is 8.78. The molecule has 0 spiro atoms. The Labute approximate surface area is 165 Å². The Morgan fingerprint density at radius 3 is 2.07 bits per heavy atom. The minimum absolute atomic E-state index is 0.0731. The zero-order chi connectivity index (χ0) is 21.1. The van der Waals surface area contributed by atoms with Crippen LogP contribution >= 0.6 is 0 Å². The molecule has 1 aromatic carbocycles. The third-order valence-electron chi connectivity index (χ3n) is 3.79. The van der Waals surface area contributed by atoms with Gasteiger partial charge in [-0.25, -0.2) is 9.59 Å². The topological polar surface area (TPSA) is 82.1 Å². The molecule has 1 amide bonds. The van der Waals surface area contributed by atoms with Gasteiger partial charge in [-0.1, -0.05) is 0 Å². The number of likely N-dealkylation sites (tertiary alicyclic amines) is 1. The van der Waals surface area contributed by atoms with Crippen LogP contribution in [0.2, 0.25) is 0 Å². The Balaban J connectivity index is 2.00. The van der Waals surface area contributed by atoms with E-state index < -0.39 is 29.4 Å². The molecule has 0 bridgehead atoms. The number of benzene rings is 1. The van der Waals surface area contributed by atoms with Crippen LogP contribution in [0.1, 0.15) is 58.3 Å². The van der Waals surface area contributed by atoms with Crippen molar-refractivity contribution < 1.29 is 28.6 Å². The Kier molecular flexibility index (Phi) is 6.37. The summed E-state index contributed by atoms with van der Waals surface area (Å²) >= 11 is 0. The van der Waals surface area contributed by atoms with Crippen molar-refractivity contribution in [1.82, 2.24) is 4.90 Å². The van der Waals surface area contributed by atoms with Gasteiger partial charge in [-0.05, 0) is 65.8 Å². The number of hydrogen-bond donors (Lipinski definition) is 0. The third kappa shape index (κ3) is 6.55. The summed E-state index contributed by atoms with van der Waals surface area (Å²) in [6.45, 7) is 11.2. The molecule has 1 aliphatic rings. The highest BCUT2D eigenvalue weighted by molar-refractivity contribution is 5.90. The predicted octanol–water partition coefficient (Wildman–Crippen LogP) is 3.60. The summed E-state index contributed by atoms with van der Waals surface area (Å²) in [4.78, 5) is 38.0. The van der Waals surface area contributed by atoms with Crippen LogP contribution in [0.5, 0.6) is 5.75 Å². The Morgan fingerprint density at radius 2 is 1.54 bits per heavy atom. The van der Waals surface area contributed by atoms with E-state index in [1.165, 1.54) is 4.90 Å². The van der Waals surface area contributed by atoms with E-state index in [1.807, 2.05) is 0 Å². The molecular weight excluding hydrogens is 362 g/mol. The molecule has 0 N–H and O–H groups in total. The number of ether oxygens (including phenoxy) is 3. The Bertz CT molecular complexity index is 727. The lowest BCUT2D eigenvalue weighted by atomic mass is 10.1. The molecule has 0 saturated carbocycles. The molecule has 0 radical (unpaired) electrons. The van der Waals surface area contributed by atoms with Gasteiger partial charge in [0.05, 0.1) is 12.1 Å². The quantitative estimate of drug-likeness (QED) is 0.732. The molecule has 0 aromatic heterocycles. The summed E-state index contributed by atoms with van der Waals surface area (Å²) in [6, 6.07) is 6.39. The maximum atomic E-state index is 12.2. The van der Waals surface area contributed by atoms with Crippen LogP contribution in [0.15, 0.2) is 24.3 Å². The number of nitrogens with zero attached hydrogens (tertiary/aromatic N) is 1. The number of amides is 1. The molecule has 1 fully saturated rings. The normalized spacial score (nSPS) is 17.9. The largest absolute Gasteiger partial charge is 0.481 e. The lowest BCUT2D eigenvalue weighted by molar-refractivity contribution is -0.129. The van der Waals surface area contributed by atoms with Gasteiger partial charge in [0, 0.05) is 13.0 Å². The standard InChI is InChI=1S/C21H29NO6/c1-20(2,3)27-18(24)14-7-9-15(10-8-14)26-17-13-22(12-11-16(17)23)19(25)28-21(4,5)6/h7-10,17H,11-13H2,1-6H3. The molecule has 154 valence electrons. The van der Waals surface area contributed by atoms with E-state index in [0.29, 0.717) is 17.9 Å². The lowest BCUT2D eigenvalue weighted by Crippen LogP contribution is -2.50. The van der Waals surface area contributed by atoms with Gasteiger partial charge in [0.1, 0.15) is 17.0 Å². The van der Waals surface area contributed by atoms with Crippen molar-refractivity contribution in [3.63, 3.8) is 0 Å². The summed E-state index contributed by atoms with van der Waals surface area (Å²) in [5.74, 6) is -0.0587. The molecular formula is C21H29NO6. The van der Waals surface area contributed by atoms with E-state index >= 15 is 0 Å². The van der Waals surface area contributed by atoms with Crippen LogP contribution in [-0.4, -0.2) is 53.1 Å². The average molecular weight is 391 g/mol. The molecule has 7 nitrogen and oxygen atoms in total. The number of piperidine rings is 1. The summed E-state index contributed by atoms with van der Waals surface area (Å²) in [5.41, 5.74) is -0.786. The van der Waals surface area contributed by atoms with Crippen molar-refractivity contribution in [2.24, 2.45) is 0 Å². The van der Waals surface area contributed by atoms with Gasteiger partial charge in [-0.2, -0.15) is 0 Å². The molecule has 1 atom stereocenters. The summed E-state index contributed by atoms with van der Waals surface area (Å²) in [7, 11) is 0. The second kappa shape index (κ2) is 8.20. The number of hydrogen-bond acceptors (Lipinski definition) is 6. The summed E-state index contributed by atoms with van der Waals surface area (Å²) < 4.78 is 16.4. The number of carbonyl (C=O) groups is 3. The van der Waals surface area contributed by atoms with Gasteiger partial charge in [0.25, 0.3) is 0 Å². The van der Waals surface area contributed by atoms with Gasteiger partial charge < -0.3 is 19.1 Å². The first kappa shape index (κ1) is 21.7. The minimum atomic E-state index is -0.770. The van der Waals surface area contributed by atoms with Gasteiger partial charge in [-0.15, -0.1) is 0 Å². The SMILES string of the molecule is CC(C)(C)OC(=O)c1ccc(OC2CN(C(=O)OC(C)(C)C)CCC2=O)cc1. The van der Waals surface area contributed by atoms with Crippen molar-refractivity contribution in [2.45, 2.75) is 65.3 Å². The zero-order valence-corrected chi connectivity index (χ0v) is 17.4. The minimum Gasteiger partial charge on any atom is -0.481 e. The number of ketones is 1. The van der Waals surface area contributed by atoms with Crippen LogP contribution < -0.4 is 4.74 Å². The average Bonchev–Trinajstić information content (AvgIpc) is 2.54. The fourth-order valence-electron chi connectivity index (χ4n) is 2.57. The van der Waals surface area contributed by atoms with E-state index in [4.69, 9.17) is 14.2 Å². The van der Waals surface area contributed by atoms with Gasteiger partial charge in [0.15, 0.2) is 11.9 Å². The second-order valence-electron chi connectivity index (χ2n) is 8.78. The van der Waals surface area contributed by atoms with Crippen molar-refractivity contribution >= 4 is 17.8 Å². The maximum absolute atomic E-state index is 12.2. The number of carbonyl (C=O) groups excluding carboxylic acids is 3. The highest BCUT2D eigenvalue weighted by Crippen LogP contribution is 2.20. The summed E-state index contributed by atoms with van der Waals surface area (Å²) in [5, 5.41) is 0. The first-order chi connectivity index (χ1) is 12.8. The smallest absolute Gasteiger partial charge is 0.410 e. The Hall–Kier alpha value is -2.57. The molecule has 1 saturated heterocycles. The summed E-state index contributed by atoms with van der Waals surface area (Å²) in [6.07, 6.45) is -1.03. The predicted molar refractivity (Wildman–Crippen MR) is 103 cm³/mol. The highest BCUT2D eigenvalue weighted by Gasteiger charge is 2.33. The van der Waals surface area contributed by atoms with E-state index in [9.17, 15) is 14.4 Å². The Morgan fingerprint density at radius 1 is 0.964 bits per heavy atom. The van der Waals surface area contributed by atoms with Crippen molar-refractivity contribution in [2.75, 3.05) is 13.1 Å². The number of rotatable bonds is 3. The molecule has 1 unspecified atom stereocenters. The highest BCUT2D eigenvalue weighted by atomic mass is 16.6. The van der Waals surface area contributed by atoms with Gasteiger partial charge in [-0.3, -0.25) is 4.79 Å². The molecule has 28 heavy (non-hydrogen) atoms. The first-order valence-corrected chi connectivity index (χ1v) is 9.35. The lowest BCUT2D eigenvalue weighted by Gasteiger charge is -2.33. The van der Waals surface area contributed by atoms with Crippen LogP contribution in [0.3, 0.4) is 0 Å². The van der Waals surface area contributed by atoms with Gasteiger partial charge in [0.2, 0.25) is 0 Å². The van der Waals surface area contributed by atoms with Crippen LogP contribution in [-0.2, 0) is 14.3 Å². The van der Waals surface area contributed by atoms with E-state index in [2.05, 4.69) is 0 Å². The molecule has 7 heteroatoms. The van der Waals surface area contributed by atoms with Crippen LogP contribution in [0, 0.1) is 0 Å². The van der Waals surface area contributed by atoms with Gasteiger partial charge >= 0.3 is 12.1 Å². The van der Waals surface area contributed by atoms with Crippen LogP contribution in [0.25, 0.3) is 0 Å². The van der Waals surface area contributed by atoms with E-state index in [1.54, 1.807) is 65.8 Å². The molecule has 0 aliphatic carbocycles. The number of Topliss-reactive ketones (excluding diaryl/α,β-unsaturated/α-hetero) is 1. The number of esters is 1. The molecule has 1 aliphatic heterocycles. The zero-order valence-electron chi connectivity index (χ0n) is 17.4. The van der Waals surface area contributed by atoms with E-state index in [0.717, 1.165) is 0 Å². The van der Waals surface area contributed by atoms with Crippen molar-refractivity contribution in [3.8, 4) is 5.75 Å².